The lowest BCUT2D eigenvalue weighted by Crippen LogP contribution is -1.94. The van der Waals surface area contributed by atoms with E-state index in [0.29, 0.717) is 22.1 Å². The Balaban J connectivity index is 2.20. The Labute approximate surface area is 123 Å². The Bertz CT molecular complexity index is 832. The van der Waals surface area contributed by atoms with Crippen molar-refractivity contribution >= 4 is 38.8 Å². The molecular weight excluding hydrogens is 298 g/mol. The number of nitrogens with zero attached hydrogens (tertiary/aromatic N) is 3. The minimum absolute atomic E-state index is 0.0495. The van der Waals surface area contributed by atoms with Crippen LogP contribution in [0.5, 0.6) is 0 Å². The van der Waals surface area contributed by atoms with Crippen LogP contribution in [0.15, 0.2) is 29.6 Å². The highest BCUT2D eigenvalue weighted by molar-refractivity contribution is 7.16. The maximum atomic E-state index is 11.0. The highest BCUT2D eigenvalue weighted by Crippen LogP contribution is 2.30. The number of aromatic nitrogens is 2. The fraction of sp³-hybridized carbons (Fsp3) is 0.0769. The van der Waals surface area contributed by atoms with Crippen molar-refractivity contribution in [3.63, 3.8) is 0 Å². The zero-order valence-electron chi connectivity index (χ0n) is 10.3. The number of nitro benzene ring substituents is 1. The third kappa shape index (κ3) is 2.13. The topological polar surface area (TPSA) is 68.9 Å². The molecule has 3 rings (SSSR count). The number of benzene rings is 1. The monoisotopic (exact) mass is 305 g/mol. The second kappa shape index (κ2) is 4.81. The smallest absolute Gasteiger partial charge is 0.258 e. The lowest BCUT2D eigenvalue weighted by atomic mass is 10.1. The van der Waals surface area contributed by atoms with Crippen molar-refractivity contribution in [3.05, 3.63) is 50.5 Å². The molecule has 2 aromatic heterocycles. The van der Waals surface area contributed by atoms with Crippen LogP contribution in [0.25, 0.3) is 21.6 Å². The molecule has 1 aromatic carbocycles. The summed E-state index contributed by atoms with van der Waals surface area (Å²) < 4.78 is 0. The highest BCUT2D eigenvalue weighted by atomic mass is 35.5. The average molecular weight is 306 g/mol. The lowest BCUT2D eigenvalue weighted by Gasteiger charge is -2.03. The van der Waals surface area contributed by atoms with Gasteiger partial charge in [-0.1, -0.05) is 23.7 Å². The number of thiophene rings is 1. The molecule has 0 radical (unpaired) electrons. The van der Waals surface area contributed by atoms with Crippen LogP contribution in [0.1, 0.15) is 5.56 Å². The van der Waals surface area contributed by atoms with E-state index in [1.165, 1.54) is 17.4 Å². The average Bonchev–Trinajstić information content (AvgIpc) is 2.87. The number of rotatable bonds is 2. The maximum Gasteiger partial charge on any atom is 0.273 e. The molecule has 0 atom stereocenters. The van der Waals surface area contributed by atoms with E-state index in [-0.39, 0.29) is 5.69 Å². The summed E-state index contributed by atoms with van der Waals surface area (Å²) in [5.74, 6) is 0.396. The second-order valence-electron chi connectivity index (χ2n) is 4.24. The van der Waals surface area contributed by atoms with Crippen molar-refractivity contribution in [2.24, 2.45) is 0 Å². The molecule has 100 valence electrons. The number of aryl methyl sites for hydroxylation is 1. The molecule has 0 bridgehead atoms. The Kier molecular flexibility index (Phi) is 3.11. The van der Waals surface area contributed by atoms with Gasteiger partial charge in [-0.3, -0.25) is 10.1 Å². The van der Waals surface area contributed by atoms with Crippen molar-refractivity contribution in [2.45, 2.75) is 6.92 Å². The molecule has 0 aliphatic carbocycles. The van der Waals surface area contributed by atoms with Crippen LogP contribution in [-0.4, -0.2) is 14.9 Å². The summed E-state index contributed by atoms with van der Waals surface area (Å²) in [6.07, 6.45) is 0. The molecule has 0 unspecified atom stereocenters. The Hall–Kier alpha value is -2.05. The molecule has 0 spiro atoms. The zero-order chi connectivity index (χ0) is 14.3. The summed E-state index contributed by atoms with van der Waals surface area (Å²) in [4.78, 5) is 19.9. The summed E-state index contributed by atoms with van der Waals surface area (Å²) in [5.41, 5.74) is 1.23. The van der Waals surface area contributed by atoms with E-state index in [0.717, 1.165) is 10.2 Å². The normalized spacial score (nSPS) is 10.9. The summed E-state index contributed by atoms with van der Waals surface area (Å²) in [6.45, 7) is 1.69. The Morgan fingerprint density at radius 2 is 2.10 bits per heavy atom. The number of fused-ring (bicyclic) bond motifs is 1. The largest absolute Gasteiger partial charge is 0.273 e. The van der Waals surface area contributed by atoms with E-state index in [4.69, 9.17) is 11.6 Å². The predicted molar refractivity (Wildman–Crippen MR) is 79.3 cm³/mol. The summed E-state index contributed by atoms with van der Waals surface area (Å²) in [5, 5.41) is 14.0. The van der Waals surface area contributed by atoms with Crippen molar-refractivity contribution in [2.75, 3.05) is 0 Å². The zero-order valence-corrected chi connectivity index (χ0v) is 11.9. The molecule has 5 nitrogen and oxygen atoms in total. The first-order chi connectivity index (χ1) is 9.56. The predicted octanol–water partition coefficient (Wildman–Crippen LogP) is 4.23. The quantitative estimate of drug-likeness (QED) is 0.403. The molecule has 0 amide bonds. The van der Waals surface area contributed by atoms with Crippen molar-refractivity contribution in [1.29, 1.82) is 0 Å². The van der Waals surface area contributed by atoms with Crippen LogP contribution in [-0.2, 0) is 0 Å². The van der Waals surface area contributed by atoms with Crippen LogP contribution >= 0.6 is 22.9 Å². The maximum absolute atomic E-state index is 11.0. The first-order valence-corrected chi connectivity index (χ1v) is 6.98. The van der Waals surface area contributed by atoms with Gasteiger partial charge in [-0.25, -0.2) is 9.97 Å². The van der Waals surface area contributed by atoms with Crippen molar-refractivity contribution in [3.8, 4) is 11.4 Å². The molecule has 0 N–H and O–H groups in total. The van der Waals surface area contributed by atoms with Gasteiger partial charge in [0.2, 0.25) is 0 Å². The van der Waals surface area contributed by atoms with E-state index in [9.17, 15) is 10.1 Å². The fourth-order valence-electron chi connectivity index (χ4n) is 1.89. The van der Waals surface area contributed by atoms with E-state index < -0.39 is 4.92 Å². The van der Waals surface area contributed by atoms with Crippen LogP contribution in [0, 0.1) is 17.0 Å². The van der Waals surface area contributed by atoms with Crippen LogP contribution in [0.3, 0.4) is 0 Å². The molecule has 7 heteroatoms. The van der Waals surface area contributed by atoms with Gasteiger partial charge >= 0.3 is 0 Å². The third-order valence-electron chi connectivity index (χ3n) is 2.94. The van der Waals surface area contributed by atoms with Gasteiger partial charge in [0, 0.05) is 22.6 Å². The second-order valence-corrected chi connectivity index (χ2v) is 5.49. The molecule has 0 aliphatic heterocycles. The van der Waals surface area contributed by atoms with Gasteiger partial charge in [-0.15, -0.1) is 11.3 Å². The van der Waals surface area contributed by atoms with Gasteiger partial charge in [-0.05, 0) is 18.4 Å². The van der Waals surface area contributed by atoms with Crippen LogP contribution in [0.2, 0.25) is 5.15 Å². The first-order valence-electron chi connectivity index (χ1n) is 5.72. The Morgan fingerprint density at radius 3 is 2.85 bits per heavy atom. The molecule has 3 aromatic rings. The van der Waals surface area contributed by atoms with E-state index in [1.54, 1.807) is 19.1 Å². The Morgan fingerprint density at radius 1 is 1.30 bits per heavy atom. The molecule has 2 heterocycles. The van der Waals surface area contributed by atoms with E-state index in [2.05, 4.69) is 9.97 Å². The van der Waals surface area contributed by atoms with Crippen molar-refractivity contribution in [1.82, 2.24) is 9.97 Å². The standard InChI is InChI=1S/C13H8ClN3O2S/c1-7-2-3-8(6-10(7)17(18)19)12-15-11(14)9-4-5-20-13(9)16-12/h2-6H,1H3. The fourth-order valence-corrected chi connectivity index (χ4v) is 2.95. The summed E-state index contributed by atoms with van der Waals surface area (Å²) in [6, 6.07) is 6.76. The molecule has 0 saturated heterocycles. The first kappa shape index (κ1) is 13.0. The molecule has 0 saturated carbocycles. The van der Waals surface area contributed by atoms with Gasteiger partial charge in [0.15, 0.2) is 5.82 Å². The number of hydrogen-bond acceptors (Lipinski definition) is 5. The van der Waals surface area contributed by atoms with Gasteiger partial charge in [0.25, 0.3) is 5.69 Å². The van der Waals surface area contributed by atoms with Gasteiger partial charge in [-0.2, -0.15) is 0 Å². The van der Waals surface area contributed by atoms with Gasteiger partial charge in [0.05, 0.1) is 4.92 Å². The highest BCUT2D eigenvalue weighted by Gasteiger charge is 2.15. The van der Waals surface area contributed by atoms with Gasteiger partial charge in [0.1, 0.15) is 9.98 Å². The van der Waals surface area contributed by atoms with Crippen molar-refractivity contribution < 1.29 is 4.92 Å². The number of halogens is 1. The molecule has 20 heavy (non-hydrogen) atoms. The number of nitro groups is 1. The van der Waals surface area contributed by atoms with Gasteiger partial charge < -0.3 is 0 Å². The molecular formula is C13H8ClN3O2S. The van der Waals surface area contributed by atoms with E-state index >= 15 is 0 Å². The minimum atomic E-state index is -0.413. The number of hydrogen-bond donors (Lipinski definition) is 0. The molecule has 0 fully saturated rings. The summed E-state index contributed by atoms with van der Waals surface area (Å²) in [7, 11) is 0. The lowest BCUT2D eigenvalue weighted by molar-refractivity contribution is -0.385. The SMILES string of the molecule is Cc1ccc(-c2nc(Cl)c3ccsc3n2)cc1[N+](=O)[O-]. The molecule has 0 aliphatic rings. The minimum Gasteiger partial charge on any atom is -0.258 e. The summed E-state index contributed by atoms with van der Waals surface area (Å²) >= 11 is 7.56. The van der Waals surface area contributed by atoms with Crippen LogP contribution < -0.4 is 0 Å². The third-order valence-corrected chi connectivity index (χ3v) is 4.04. The van der Waals surface area contributed by atoms with E-state index in [1.807, 2.05) is 11.4 Å². The van der Waals surface area contributed by atoms with Crippen LogP contribution in [0.4, 0.5) is 5.69 Å².